The van der Waals surface area contributed by atoms with Crippen molar-refractivity contribution in [2.45, 2.75) is 33.7 Å². The highest BCUT2D eigenvalue weighted by molar-refractivity contribution is 5.94. The number of nitrogens with zero attached hydrogens (tertiary/aromatic N) is 3. The second kappa shape index (κ2) is 8.45. The summed E-state index contributed by atoms with van der Waals surface area (Å²) in [6.45, 7) is 6.46. The van der Waals surface area contributed by atoms with Crippen molar-refractivity contribution in [1.82, 2.24) is 14.7 Å². The first kappa shape index (κ1) is 20.4. The lowest BCUT2D eigenvalue weighted by atomic mass is 9.98. The first-order chi connectivity index (χ1) is 15.0. The normalized spacial score (nSPS) is 10.8. The van der Waals surface area contributed by atoms with Crippen LogP contribution in [0.1, 0.15) is 45.4 Å². The van der Waals surface area contributed by atoms with E-state index in [1.54, 1.807) is 0 Å². The zero-order chi connectivity index (χ0) is 22.0. The van der Waals surface area contributed by atoms with E-state index in [1.807, 2.05) is 86.0 Å². The van der Waals surface area contributed by atoms with Gasteiger partial charge in [0.2, 0.25) is 0 Å². The molecule has 31 heavy (non-hydrogen) atoms. The highest BCUT2D eigenvalue weighted by Crippen LogP contribution is 2.24. The van der Waals surface area contributed by atoms with Crippen LogP contribution < -0.4 is 5.32 Å². The molecule has 5 heteroatoms. The molecule has 0 radical (unpaired) electrons. The number of amides is 1. The molecule has 4 aromatic rings. The fourth-order valence-corrected chi connectivity index (χ4v) is 3.81. The van der Waals surface area contributed by atoms with E-state index in [0.717, 1.165) is 39.2 Å². The van der Waals surface area contributed by atoms with Gasteiger partial charge in [0.15, 0.2) is 0 Å². The van der Waals surface area contributed by atoms with Crippen molar-refractivity contribution < 1.29 is 4.79 Å². The average Bonchev–Trinajstić information content (AvgIpc) is 3.15. The predicted octanol–water partition coefficient (Wildman–Crippen LogP) is 4.98. The van der Waals surface area contributed by atoms with Crippen molar-refractivity contribution in [1.29, 1.82) is 5.26 Å². The Kier molecular flexibility index (Phi) is 5.55. The van der Waals surface area contributed by atoms with Gasteiger partial charge >= 0.3 is 0 Å². The summed E-state index contributed by atoms with van der Waals surface area (Å²) in [5.41, 5.74) is 8.20. The zero-order valence-electron chi connectivity index (χ0n) is 17.9. The Hall–Kier alpha value is -3.91. The number of aromatic nitrogens is 2. The Morgan fingerprint density at radius 2 is 1.87 bits per heavy atom. The number of benzene rings is 2. The SMILES string of the molecule is CCc1nc2ccc(C)cn2c1C(=O)NCc1ccc(-c2ccc(C#N)cc2C)cc1. The van der Waals surface area contributed by atoms with Crippen molar-refractivity contribution in [2.75, 3.05) is 0 Å². The Morgan fingerprint density at radius 3 is 2.55 bits per heavy atom. The van der Waals surface area contributed by atoms with Gasteiger partial charge in [0.1, 0.15) is 11.3 Å². The highest BCUT2D eigenvalue weighted by atomic mass is 16.1. The molecular formula is C26H24N4O. The van der Waals surface area contributed by atoms with E-state index in [9.17, 15) is 4.79 Å². The van der Waals surface area contributed by atoms with Gasteiger partial charge in [-0.05, 0) is 66.3 Å². The lowest BCUT2D eigenvalue weighted by Gasteiger charge is -2.10. The molecule has 0 aliphatic rings. The first-order valence-electron chi connectivity index (χ1n) is 10.4. The summed E-state index contributed by atoms with van der Waals surface area (Å²) in [5.74, 6) is -0.123. The lowest BCUT2D eigenvalue weighted by molar-refractivity contribution is 0.0944. The molecule has 2 heterocycles. The van der Waals surface area contributed by atoms with Crippen LogP contribution in [-0.2, 0) is 13.0 Å². The van der Waals surface area contributed by atoms with Crippen LogP contribution in [0.15, 0.2) is 60.8 Å². The fraction of sp³-hybridized carbons (Fsp3) is 0.192. The van der Waals surface area contributed by atoms with Gasteiger partial charge in [-0.3, -0.25) is 9.20 Å². The van der Waals surface area contributed by atoms with E-state index in [4.69, 9.17) is 5.26 Å². The van der Waals surface area contributed by atoms with Crippen molar-refractivity contribution >= 4 is 11.6 Å². The second-order valence-corrected chi connectivity index (χ2v) is 7.72. The van der Waals surface area contributed by atoms with Crippen LogP contribution >= 0.6 is 0 Å². The second-order valence-electron chi connectivity index (χ2n) is 7.72. The topological polar surface area (TPSA) is 70.2 Å². The number of aryl methyl sites for hydroxylation is 3. The van der Waals surface area contributed by atoms with Crippen LogP contribution in [0, 0.1) is 25.2 Å². The van der Waals surface area contributed by atoms with E-state index < -0.39 is 0 Å². The maximum atomic E-state index is 13.0. The number of hydrogen-bond donors (Lipinski definition) is 1. The monoisotopic (exact) mass is 408 g/mol. The average molecular weight is 409 g/mol. The molecule has 5 nitrogen and oxygen atoms in total. The molecule has 0 fully saturated rings. The molecule has 1 N–H and O–H groups in total. The van der Waals surface area contributed by atoms with Gasteiger partial charge in [-0.15, -0.1) is 0 Å². The van der Waals surface area contributed by atoms with Crippen molar-refractivity contribution in [3.8, 4) is 17.2 Å². The highest BCUT2D eigenvalue weighted by Gasteiger charge is 2.18. The Labute approximate surface area is 182 Å². The van der Waals surface area contributed by atoms with Gasteiger partial charge in [0.25, 0.3) is 5.91 Å². The summed E-state index contributed by atoms with van der Waals surface area (Å²) in [5, 5.41) is 12.1. The van der Waals surface area contributed by atoms with E-state index >= 15 is 0 Å². The molecule has 0 bridgehead atoms. The number of pyridine rings is 1. The van der Waals surface area contributed by atoms with E-state index in [2.05, 4.69) is 16.4 Å². The largest absolute Gasteiger partial charge is 0.347 e. The third-order valence-electron chi connectivity index (χ3n) is 5.46. The van der Waals surface area contributed by atoms with Crippen LogP contribution in [0.5, 0.6) is 0 Å². The van der Waals surface area contributed by atoms with E-state index in [0.29, 0.717) is 24.2 Å². The zero-order valence-corrected chi connectivity index (χ0v) is 17.9. The van der Waals surface area contributed by atoms with Gasteiger partial charge in [0, 0.05) is 12.7 Å². The Morgan fingerprint density at radius 1 is 1.10 bits per heavy atom. The van der Waals surface area contributed by atoms with Gasteiger partial charge in [-0.2, -0.15) is 5.26 Å². The minimum absolute atomic E-state index is 0.123. The van der Waals surface area contributed by atoms with Crippen molar-refractivity contribution in [2.24, 2.45) is 0 Å². The number of rotatable bonds is 5. The van der Waals surface area contributed by atoms with E-state index in [-0.39, 0.29) is 5.91 Å². The van der Waals surface area contributed by atoms with Crippen LogP contribution in [-0.4, -0.2) is 15.3 Å². The molecule has 0 spiro atoms. The van der Waals surface area contributed by atoms with Crippen LogP contribution in [0.3, 0.4) is 0 Å². The van der Waals surface area contributed by atoms with Crippen molar-refractivity contribution in [3.63, 3.8) is 0 Å². The van der Waals surface area contributed by atoms with Gasteiger partial charge in [-0.25, -0.2) is 4.98 Å². The van der Waals surface area contributed by atoms with Crippen LogP contribution in [0.2, 0.25) is 0 Å². The standard InChI is InChI=1S/C26H24N4O/c1-4-23-25(30-16-17(2)5-12-24(30)29-23)26(31)28-15-19-6-9-21(10-7-19)22-11-8-20(14-27)13-18(22)3/h5-13,16H,4,15H2,1-3H3,(H,28,31). The lowest BCUT2D eigenvalue weighted by Crippen LogP contribution is -2.25. The summed E-state index contributed by atoms with van der Waals surface area (Å²) < 4.78 is 1.88. The molecule has 0 unspecified atom stereocenters. The van der Waals surface area contributed by atoms with Gasteiger partial charge in [0.05, 0.1) is 17.3 Å². The molecule has 0 aliphatic heterocycles. The first-order valence-corrected chi connectivity index (χ1v) is 10.4. The molecular weight excluding hydrogens is 384 g/mol. The number of carbonyl (C=O) groups is 1. The number of hydrogen-bond acceptors (Lipinski definition) is 3. The summed E-state index contributed by atoms with van der Waals surface area (Å²) in [6.07, 6.45) is 2.65. The molecule has 154 valence electrons. The Balaban J connectivity index is 1.51. The minimum atomic E-state index is -0.123. The molecule has 0 saturated heterocycles. The number of carbonyl (C=O) groups excluding carboxylic acids is 1. The fourth-order valence-electron chi connectivity index (χ4n) is 3.81. The van der Waals surface area contributed by atoms with E-state index in [1.165, 1.54) is 0 Å². The summed E-state index contributed by atoms with van der Waals surface area (Å²) in [6, 6.07) is 19.9. The maximum absolute atomic E-state index is 13.0. The number of imidazole rings is 1. The third-order valence-corrected chi connectivity index (χ3v) is 5.46. The summed E-state index contributed by atoms with van der Waals surface area (Å²) >= 11 is 0. The number of fused-ring (bicyclic) bond motifs is 1. The predicted molar refractivity (Wildman–Crippen MR) is 122 cm³/mol. The Bertz CT molecular complexity index is 1310. The van der Waals surface area contributed by atoms with Gasteiger partial charge in [-0.1, -0.05) is 43.3 Å². The smallest absolute Gasteiger partial charge is 0.270 e. The van der Waals surface area contributed by atoms with Crippen LogP contribution in [0.4, 0.5) is 0 Å². The molecule has 2 aromatic carbocycles. The third kappa shape index (κ3) is 4.06. The number of nitrogens with one attached hydrogen (secondary N) is 1. The molecule has 4 rings (SSSR count). The van der Waals surface area contributed by atoms with Crippen LogP contribution in [0.25, 0.3) is 16.8 Å². The van der Waals surface area contributed by atoms with Gasteiger partial charge < -0.3 is 5.32 Å². The molecule has 1 amide bonds. The minimum Gasteiger partial charge on any atom is -0.347 e. The molecule has 2 aromatic heterocycles. The summed E-state index contributed by atoms with van der Waals surface area (Å²) in [4.78, 5) is 17.6. The van der Waals surface area contributed by atoms with Crippen molar-refractivity contribution in [3.05, 3.63) is 94.4 Å². The maximum Gasteiger partial charge on any atom is 0.270 e. The molecule has 0 saturated carbocycles. The molecule has 0 atom stereocenters. The molecule has 0 aliphatic carbocycles. The summed E-state index contributed by atoms with van der Waals surface area (Å²) in [7, 11) is 0. The quantitative estimate of drug-likeness (QED) is 0.506. The number of nitriles is 1.